The van der Waals surface area contributed by atoms with E-state index in [0.717, 1.165) is 35.4 Å². The summed E-state index contributed by atoms with van der Waals surface area (Å²) in [6, 6.07) is 6.08. The second-order valence-electron chi connectivity index (χ2n) is 9.17. The largest absolute Gasteiger partial charge is 0.497 e. The van der Waals surface area contributed by atoms with Crippen molar-refractivity contribution >= 4 is 28.1 Å². The van der Waals surface area contributed by atoms with Crippen molar-refractivity contribution in [3.63, 3.8) is 0 Å². The van der Waals surface area contributed by atoms with Crippen LogP contribution in [-0.2, 0) is 7.05 Å². The van der Waals surface area contributed by atoms with Gasteiger partial charge in [-0.3, -0.25) is 9.59 Å². The molecule has 0 saturated carbocycles. The molecule has 0 unspecified atom stereocenters. The van der Waals surface area contributed by atoms with Gasteiger partial charge in [-0.1, -0.05) is 0 Å². The summed E-state index contributed by atoms with van der Waals surface area (Å²) in [5.74, 6) is 1.21. The van der Waals surface area contributed by atoms with Crippen LogP contribution in [0, 0.1) is 20.8 Å². The molecule has 35 heavy (non-hydrogen) atoms. The molecule has 0 atom stereocenters. The third-order valence-corrected chi connectivity index (χ3v) is 8.24. The maximum atomic E-state index is 13.4. The molecule has 182 valence electrons. The van der Waals surface area contributed by atoms with Crippen LogP contribution in [0.1, 0.15) is 50.9 Å². The minimum atomic E-state index is -0.197. The molecule has 0 spiro atoms. The first kappa shape index (κ1) is 23.3. The number of benzene rings is 1. The summed E-state index contributed by atoms with van der Waals surface area (Å²) in [6.07, 6.45) is 3.87. The number of amides is 1. The van der Waals surface area contributed by atoms with Crippen LogP contribution in [0.25, 0.3) is 21.5 Å². The molecule has 1 fully saturated rings. The zero-order chi connectivity index (χ0) is 24.9. The van der Waals surface area contributed by atoms with E-state index < -0.39 is 0 Å². The molecule has 8 nitrogen and oxygen atoms in total. The van der Waals surface area contributed by atoms with E-state index in [0.29, 0.717) is 40.1 Å². The van der Waals surface area contributed by atoms with E-state index in [4.69, 9.17) is 4.74 Å². The summed E-state index contributed by atoms with van der Waals surface area (Å²) >= 11 is 1.30. The van der Waals surface area contributed by atoms with Gasteiger partial charge in [-0.05, 0) is 68.9 Å². The number of aromatic nitrogens is 4. The van der Waals surface area contributed by atoms with Crippen molar-refractivity contribution in [1.82, 2.24) is 24.6 Å². The second-order valence-corrected chi connectivity index (χ2v) is 10.2. The number of fused-ring (bicyclic) bond motifs is 1. The van der Waals surface area contributed by atoms with Crippen LogP contribution in [-0.4, -0.2) is 50.8 Å². The number of likely N-dealkylation sites (tertiary alicyclic amines) is 1. The Kier molecular flexibility index (Phi) is 5.96. The lowest BCUT2D eigenvalue weighted by Gasteiger charge is -2.31. The Hall–Kier alpha value is -3.46. The third-order valence-electron chi connectivity index (χ3n) is 7.07. The third kappa shape index (κ3) is 4.03. The van der Waals surface area contributed by atoms with Gasteiger partial charge >= 0.3 is 0 Å². The number of H-pyrrole nitrogens is 1. The fraction of sp³-hybridized carbons (Fsp3) is 0.385. The number of nitrogens with zero attached hydrogens (tertiary/aromatic N) is 4. The number of piperidine rings is 1. The summed E-state index contributed by atoms with van der Waals surface area (Å²) in [4.78, 5) is 36.7. The van der Waals surface area contributed by atoms with Gasteiger partial charge in [0.05, 0.1) is 24.1 Å². The minimum Gasteiger partial charge on any atom is -0.497 e. The van der Waals surface area contributed by atoms with E-state index in [-0.39, 0.29) is 11.5 Å². The highest BCUT2D eigenvalue weighted by Crippen LogP contribution is 2.36. The van der Waals surface area contributed by atoms with Crippen molar-refractivity contribution in [2.45, 2.75) is 39.5 Å². The molecule has 3 aromatic heterocycles. The number of carbonyl (C=O) groups is 1. The Morgan fingerprint density at radius 3 is 2.63 bits per heavy atom. The maximum absolute atomic E-state index is 13.4. The van der Waals surface area contributed by atoms with Gasteiger partial charge in [0.15, 0.2) is 0 Å². The summed E-state index contributed by atoms with van der Waals surface area (Å²) in [7, 11) is 3.32. The van der Waals surface area contributed by atoms with Crippen molar-refractivity contribution in [2.24, 2.45) is 7.05 Å². The van der Waals surface area contributed by atoms with Crippen molar-refractivity contribution in [3.05, 3.63) is 62.1 Å². The molecule has 1 N–H and O–H groups in total. The van der Waals surface area contributed by atoms with Gasteiger partial charge in [0.1, 0.15) is 15.6 Å². The summed E-state index contributed by atoms with van der Waals surface area (Å²) in [5.41, 5.74) is 4.95. The lowest BCUT2D eigenvalue weighted by molar-refractivity contribution is 0.0717. The molecular weight excluding hydrogens is 462 g/mol. The van der Waals surface area contributed by atoms with Gasteiger partial charge in [0.25, 0.3) is 11.5 Å². The average molecular weight is 492 g/mol. The van der Waals surface area contributed by atoms with E-state index in [1.165, 1.54) is 27.0 Å². The highest BCUT2D eigenvalue weighted by molar-refractivity contribution is 7.17. The summed E-state index contributed by atoms with van der Waals surface area (Å²) in [5, 5.41) is 6.01. The van der Waals surface area contributed by atoms with Crippen LogP contribution in [0.2, 0.25) is 0 Å². The highest BCUT2D eigenvalue weighted by Gasteiger charge is 2.29. The molecule has 0 radical (unpaired) electrons. The van der Waals surface area contributed by atoms with E-state index in [1.807, 2.05) is 37.8 Å². The summed E-state index contributed by atoms with van der Waals surface area (Å²) < 4.78 is 6.74. The molecule has 9 heteroatoms. The van der Waals surface area contributed by atoms with Gasteiger partial charge in [0.2, 0.25) is 0 Å². The van der Waals surface area contributed by atoms with E-state index in [1.54, 1.807) is 14.2 Å². The number of carbonyl (C=O) groups excluding carboxylic acids is 1. The molecule has 1 aromatic carbocycles. The Morgan fingerprint density at radius 1 is 1.17 bits per heavy atom. The smallest absolute Gasteiger partial charge is 0.277 e. The van der Waals surface area contributed by atoms with Crippen molar-refractivity contribution in [1.29, 1.82) is 0 Å². The predicted molar refractivity (Wildman–Crippen MR) is 138 cm³/mol. The number of thiazole rings is 1. The maximum Gasteiger partial charge on any atom is 0.277 e. The number of nitrogens with one attached hydrogen (secondary N) is 1. The molecule has 5 rings (SSSR count). The van der Waals surface area contributed by atoms with Gasteiger partial charge < -0.3 is 14.6 Å². The first-order valence-electron chi connectivity index (χ1n) is 11.7. The first-order chi connectivity index (χ1) is 16.8. The number of hydrogen-bond donors (Lipinski definition) is 1. The van der Waals surface area contributed by atoms with Gasteiger partial charge in [0, 0.05) is 37.2 Å². The molecular formula is C26H29N5O3S. The number of methoxy groups -OCH3 is 1. The highest BCUT2D eigenvalue weighted by atomic mass is 32.1. The quantitative estimate of drug-likeness (QED) is 0.458. The van der Waals surface area contributed by atoms with Crippen LogP contribution in [0.4, 0.5) is 0 Å². The summed E-state index contributed by atoms with van der Waals surface area (Å²) in [6.45, 7) is 6.96. The van der Waals surface area contributed by atoms with Gasteiger partial charge in [-0.15, -0.1) is 11.3 Å². The van der Waals surface area contributed by atoms with E-state index >= 15 is 0 Å². The van der Waals surface area contributed by atoms with Crippen LogP contribution in [0.15, 0.2) is 29.2 Å². The lowest BCUT2D eigenvalue weighted by Crippen LogP contribution is -2.37. The van der Waals surface area contributed by atoms with E-state index in [9.17, 15) is 9.59 Å². The average Bonchev–Trinajstić information content (AvgIpc) is 3.45. The molecule has 4 aromatic rings. The molecule has 1 amide bonds. The van der Waals surface area contributed by atoms with Crippen molar-refractivity contribution in [3.8, 4) is 16.3 Å². The molecule has 4 heterocycles. The number of rotatable bonds is 4. The van der Waals surface area contributed by atoms with Crippen LogP contribution < -0.4 is 10.3 Å². The van der Waals surface area contributed by atoms with Crippen molar-refractivity contribution < 1.29 is 9.53 Å². The zero-order valence-electron chi connectivity index (χ0n) is 20.6. The van der Waals surface area contributed by atoms with Crippen LogP contribution in [0.3, 0.4) is 0 Å². The fourth-order valence-corrected chi connectivity index (χ4v) is 6.05. The molecule has 1 aliphatic rings. The van der Waals surface area contributed by atoms with Crippen LogP contribution in [0.5, 0.6) is 5.75 Å². The van der Waals surface area contributed by atoms with Gasteiger partial charge in [-0.25, -0.2) is 9.67 Å². The number of hydrogen-bond acceptors (Lipinski definition) is 6. The van der Waals surface area contributed by atoms with Gasteiger partial charge in [-0.2, -0.15) is 5.10 Å². The predicted octanol–water partition coefficient (Wildman–Crippen LogP) is 4.34. The topological polar surface area (TPSA) is 93.1 Å². The normalized spacial score (nSPS) is 14.6. The fourth-order valence-electron chi connectivity index (χ4n) is 4.93. The van der Waals surface area contributed by atoms with Crippen LogP contribution >= 0.6 is 11.3 Å². The SMILES string of the molecule is COc1ccc2[nH]cc(C3CCN(C(=O)c4sc(-c5c(C)c(C)nn(C)c5=O)nc4C)CC3)c2c1. The molecule has 0 aliphatic carbocycles. The number of ether oxygens (including phenoxy) is 1. The monoisotopic (exact) mass is 491 g/mol. The molecule has 0 bridgehead atoms. The Bertz CT molecular complexity index is 1490. The Morgan fingerprint density at radius 2 is 1.91 bits per heavy atom. The van der Waals surface area contributed by atoms with E-state index in [2.05, 4.69) is 27.3 Å². The second kappa shape index (κ2) is 8.96. The van der Waals surface area contributed by atoms with Crippen molar-refractivity contribution in [2.75, 3.05) is 20.2 Å². The minimum absolute atomic E-state index is 0.00875. The Balaban J connectivity index is 1.36. The Labute approximate surface area is 207 Å². The zero-order valence-corrected chi connectivity index (χ0v) is 21.5. The standard InChI is InChI=1S/C26H29N5O3S/c1-14-15(2)29-30(4)25(32)22(14)24-28-16(3)23(35-24)26(33)31-10-8-17(9-11-31)20-13-27-21-7-6-18(34-5)12-19(20)21/h6-7,12-13,17,27H,8-11H2,1-5H3. The first-order valence-corrected chi connectivity index (χ1v) is 12.6. The molecule has 1 aliphatic heterocycles. The lowest BCUT2D eigenvalue weighted by atomic mass is 9.89. The number of aryl methyl sites for hydroxylation is 3. The number of aromatic amines is 1. The molecule has 1 saturated heterocycles.